The minimum absolute atomic E-state index is 0.0156. The summed E-state index contributed by atoms with van der Waals surface area (Å²) in [4.78, 5) is 35.4. The van der Waals surface area contributed by atoms with Crippen LogP contribution in [0.15, 0.2) is 112 Å². The predicted octanol–water partition coefficient (Wildman–Crippen LogP) is 7.74. The van der Waals surface area contributed by atoms with E-state index < -0.39 is 5.56 Å². The Kier molecular flexibility index (Phi) is 13.3. The number of halogens is 5. The topological polar surface area (TPSA) is 105 Å². The Bertz CT molecular complexity index is 2130. The fraction of sp³-hybridized carbons (Fsp3) is 0.0909. The zero-order chi connectivity index (χ0) is 34.2. The molecule has 0 aliphatic heterocycles. The Hall–Kier alpha value is -2.93. The van der Waals surface area contributed by atoms with Gasteiger partial charge in [0.25, 0.3) is 16.7 Å². The molecule has 3 heterocycles. The van der Waals surface area contributed by atoms with E-state index in [2.05, 4.69) is 60.5 Å². The molecule has 0 radical (unpaired) electrons. The first-order chi connectivity index (χ1) is 22.3. The van der Waals surface area contributed by atoms with E-state index in [4.69, 9.17) is 23.2 Å². The highest BCUT2D eigenvalue weighted by molar-refractivity contribution is 14.1. The minimum Gasteiger partial charge on any atom is -0.267 e. The van der Waals surface area contributed by atoms with Gasteiger partial charge in [-0.25, -0.2) is 0 Å². The van der Waals surface area contributed by atoms with Gasteiger partial charge < -0.3 is 0 Å². The summed E-state index contributed by atoms with van der Waals surface area (Å²) in [5.41, 5.74) is 4.95. The second-order valence-electron chi connectivity index (χ2n) is 9.99. The van der Waals surface area contributed by atoms with Gasteiger partial charge in [0.15, 0.2) is 0 Å². The van der Waals surface area contributed by atoms with Gasteiger partial charge in [-0.1, -0.05) is 59.6 Å². The average Bonchev–Trinajstić information content (AvgIpc) is 3.03. The minimum atomic E-state index is -0.417. The van der Waals surface area contributed by atoms with Gasteiger partial charge in [-0.05, 0) is 142 Å². The molecule has 0 aliphatic carbocycles. The van der Waals surface area contributed by atoms with Gasteiger partial charge in [-0.15, -0.1) is 0 Å². The number of hydrogen-bond donors (Lipinski definition) is 0. The van der Waals surface area contributed by atoms with Crippen LogP contribution in [0, 0.1) is 31.5 Å². The number of hydrogen-bond acceptors (Lipinski definition) is 6. The molecular formula is C33H25Cl2I3N6O3. The van der Waals surface area contributed by atoms with Crippen molar-refractivity contribution in [2.45, 2.75) is 20.8 Å². The number of benzene rings is 3. The molecule has 6 aromatic rings. The molecule has 0 fully saturated rings. The maximum absolute atomic E-state index is 12.0. The van der Waals surface area contributed by atoms with Gasteiger partial charge >= 0.3 is 0 Å². The van der Waals surface area contributed by atoms with E-state index in [0.717, 1.165) is 35.2 Å². The number of aryl methyl sites for hydroxylation is 3. The van der Waals surface area contributed by atoms with Crippen molar-refractivity contribution in [3.63, 3.8) is 0 Å². The molecule has 9 nitrogen and oxygen atoms in total. The second-order valence-corrected chi connectivity index (χ2v) is 14.3. The summed E-state index contributed by atoms with van der Waals surface area (Å²) in [7, 11) is 0. The summed E-state index contributed by atoms with van der Waals surface area (Å²) in [6, 6.07) is 24.4. The molecule has 0 amide bonds. The number of aromatic nitrogens is 6. The molecule has 14 heteroatoms. The van der Waals surface area contributed by atoms with Crippen molar-refractivity contribution in [2.75, 3.05) is 0 Å². The van der Waals surface area contributed by atoms with E-state index >= 15 is 0 Å². The van der Waals surface area contributed by atoms with Gasteiger partial charge in [0, 0.05) is 9.64 Å². The van der Waals surface area contributed by atoms with Crippen LogP contribution in [0.3, 0.4) is 0 Å². The van der Waals surface area contributed by atoms with Crippen LogP contribution in [0.2, 0.25) is 10.0 Å². The monoisotopic (exact) mass is 1000 g/mol. The molecule has 0 spiro atoms. The molecule has 0 bridgehead atoms. The molecule has 6 rings (SSSR count). The summed E-state index contributed by atoms with van der Waals surface area (Å²) in [5.74, 6) is 0. The lowest BCUT2D eigenvalue weighted by Gasteiger charge is -2.06. The van der Waals surface area contributed by atoms with Crippen molar-refractivity contribution < 1.29 is 0 Å². The third-order valence-corrected chi connectivity index (χ3v) is 10.5. The first-order valence-electron chi connectivity index (χ1n) is 13.7. The van der Waals surface area contributed by atoms with Crippen LogP contribution in [0.25, 0.3) is 17.1 Å². The van der Waals surface area contributed by atoms with Gasteiger partial charge in [0.2, 0.25) is 0 Å². The van der Waals surface area contributed by atoms with Crippen molar-refractivity contribution >= 4 is 91.0 Å². The van der Waals surface area contributed by atoms with Gasteiger partial charge in [-0.3, -0.25) is 14.4 Å². The van der Waals surface area contributed by atoms with Crippen LogP contribution < -0.4 is 16.7 Å². The predicted molar refractivity (Wildman–Crippen MR) is 212 cm³/mol. The van der Waals surface area contributed by atoms with Crippen LogP contribution in [0.1, 0.15) is 16.7 Å². The van der Waals surface area contributed by atoms with E-state index in [1.807, 2.05) is 110 Å². The molecule has 0 aliphatic rings. The molecule has 47 heavy (non-hydrogen) atoms. The van der Waals surface area contributed by atoms with E-state index in [1.165, 1.54) is 20.2 Å². The molecule has 0 saturated carbocycles. The summed E-state index contributed by atoms with van der Waals surface area (Å²) in [6.07, 6.45) is 4.73. The Morgan fingerprint density at radius 2 is 1.02 bits per heavy atom. The van der Waals surface area contributed by atoms with Crippen molar-refractivity contribution in [1.82, 2.24) is 29.3 Å². The van der Waals surface area contributed by atoms with E-state index in [1.54, 1.807) is 24.5 Å². The summed E-state index contributed by atoms with van der Waals surface area (Å²) >= 11 is 17.7. The number of rotatable bonds is 3. The Morgan fingerprint density at radius 3 is 1.51 bits per heavy atom. The highest BCUT2D eigenvalue weighted by atomic mass is 127. The van der Waals surface area contributed by atoms with E-state index in [9.17, 15) is 14.4 Å². The third-order valence-electron chi connectivity index (χ3n) is 6.26. The molecule has 0 unspecified atom stereocenters. The highest BCUT2D eigenvalue weighted by Gasteiger charge is 2.09. The summed E-state index contributed by atoms with van der Waals surface area (Å²) in [5, 5.41) is 12.3. The zero-order valence-electron chi connectivity index (χ0n) is 25.0. The normalized spacial score (nSPS) is 10.4. The van der Waals surface area contributed by atoms with Crippen molar-refractivity contribution in [3.8, 4) is 17.1 Å². The molecule has 3 aromatic carbocycles. The smallest absolute Gasteiger partial charge is 0.267 e. The first-order valence-corrected chi connectivity index (χ1v) is 17.7. The average molecular weight is 1010 g/mol. The maximum Gasteiger partial charge on any atom is 0.291 e. The maximum atomic E-state index is 12.0. The zero-order valence-corrected chi connectivity index (χ0v) is 33.0. The Labute approximate surface area is 321 Å². The lowest BCUT2D eigenvalue weighted by Crippen LogP contribution is -2.24. The van der Waals surface area contributed by atoms with Gasteiger partial charge in [-0.2, -0.15) is 29.3 Å². The molecule has 0 atom stereocenters. The Balaban J connectivity index is 0.000000160. The van der Waals surface area contributed by atoms with Crippen LogP contribution in [-0.2, 0) is 0 Å². The molecule has 0 N–H and O–H groups in total. The quantitative estimate of drug-likeness (QED) is 0.168. The van der Waals surface area contributed by atoms with Gasteiger partial charge in [0.1, 0.15) is 5.02 Å². The first kappa shape index (κ1) is 36.9. The summed E-state index contributed by atoms with van der Waals surface area (Å²) in [6.45, 7) is 5.92. The third kappa shape index (κ3) is 9.81. The van der Waals surface area contributed by atoms with Crippen molar-refractivity contribution in [2.24, 2.45) is 0 Å². The summed E-state index contributed by atoms with van der Waals surface area (Å²) < 4.78 is 6.48. The van der Waals surface area contributed by atoms with E-state index in [-0.39, 0.29) is 21.2 Å². The molecule has 240 valence electrons. The largest absolute Gasteiger partial charge is 0.291 e. The van der Waals surface area contributed by atoms with Crippen LogP contribution in [0.4, 0.5) is 0 Å². The fourth-order valence-electron chi connectivity index (χ4n) is 4.05. The van der Waals surface area contributed by atoms with Crippen molar-refractivity contribution in [1.29, 1.82) is 0 Å². The fourth-order valence-corrected chi connectivity index (χ4v) is 5.42. The molecular weight excluding hydrogens is 980 g/mol. The lowest BCUT2D eigenvalue weighted by atomic mass is 10.2. The SMILES string of the molecule is Cc1cccc(-n2ncc(Cl)c(Cl)c2=O)c1.Cc1cccc(-n2ncc(I)c(I)c2=O)c1.Cc1cccc(-n2ncc(I)cc2=O)c1. The van der Waals surface area contributed by atoms with Crippen LogP contribution >= 0.6 is 91.0 Å². The lowest BCUT2D eigenvalue weighted by molar-refractivity contribution is 0.794. The molecule has 0 saturated heterocycles. The Morgan fingerprint density at radius 1 is 0.574 bits per heavy atom. The van der Waals surface area contributed by atoms with Gasteiger partial charge in [0.05, 0.1) is 47.8 Å². The van der Waals surface area contributed by atoms with Crippen molar-refractivity contribution in [3.05, 3.63) is 166 Å². The number of nitrogens with zero attached hydrogens (tertiary/aromatic N) is 6. The van der Waals surface area contributed by atoms with E-state index in [0.29, 0.717) is 9.26 Å². The van der Waals surface area contributed by atoms with Crippen LogP contribution in [-0.4, -0.2) is 29.3 Å². The van der Waals surface area contributed by atoms with Crippen LogP contribution in [0.5, 0.6) is 0 Å². The second kappa shape index (κ2) is 16.9. The molecule has 3 aromatic heterocycles. The highest BCUT2D eigenvalue weighted by Crippen LogP contribution is 2.16. The standard InChI is InChI=1S/C11H8Cl2N2O.C11H8I2N2O.C11H9IN2O/c2*1-7-3-2-4-8(5-7)15-11(16)10(13)9(12)6-14-15;1-8-3-2-4-10(5-8)14-11(15)6-9(12)7-13-14/h2*2-6H,1H3;2-7H,1H3.